The number of hydrogen-bond acceptors (Lipinski definition) is 3. The van der Waals surface area contributed by atoms with Crippen LogP contribution in [0.4, 0.5) is 5.69 Å². The summed E-state index contributed by atoms with van der Waals surface area (Å²) >= 11 is 6.13. The van der Waals surface area contributed by atoms with Crippen molar-refractivity contribution in [1.29, 1.82) is 0 Å². The van der Waals surface area contributed by atoms with Crippen LogP contribution in [-0.2, 0) is 11.3 Å². The Hall–Kier alpha value is -0.770. The summed E-state index contributed by atoms with van der Waals surface area (Å²) in [4.78, 5) is 2.26. The SMILES string of the molecule is CCNCc1ccc(Cl)cc1N(C)CC1CCCO1. The van der Waals surface area contributed by atoms with E-state index in [1.807, 2.05) is 12.1 Å². The van der Waals surface area contributed by atoms with Gasteiger partial charge in [0.25, 0.3) is 0 Å². The topological polar surface area (TPSA) is 24.5 Å². The minimum absolute atomic E-state index is 0.357. The predicted molar refractivity (Wildman–Crippen MR) is 81.1 cm³/mol. The minimum atomic E-state index is 0.357. The lowest BCUT2D eigenvalue weighted by molar-refractivity contribution is 0.116. The third kappa shape index (κ3) is 4.10. The van der Waals surface area contributed by atoms with E-state index in [1.165, 1.54) is 17.7 Å². The molecule has 0 aromatic heterocycles. The van der Waals surface area contributed by atoms with Gasteiger partial charge in [-0.05, 0) is 37.1 Å². The molecule has 0 saturated carbocycles. The summed E-state index contributed by atoms with van der Waals surface area (Å²) in [6.07, 6.45) is 2.70. The van der Waals surface area contributed by atoms with Crippen molar-refractivity contribution >= 4 is 17.3 Å². The molecule has 1 fully saturated rings. The third-order valence-electron chi connectivity index (χ3n) is 3.53. The normalized spacial score (nSPS) is 18.8. The molecule has 106 valence electrons. The molecule has 1 heterocycles. The highest BCUT2D eigenvalue weighted by atomic mass is 35.5. The second-order valence-electron chi connectivity index (χ2n) is 5.07. The molecule has 0 aliphatic carbocycles. The Bertz CT molecular complexity index is 405. The van der Waals surface area contributed by atoms with Gasteiger partial charge in [-0.3, -0.25) is 0 Å². The summed E-state index contributed by atoms with van der Waals surface area (Å²) in [6.45, 7) is 5.79. The fraction of sp³-hybridized carbons (Fsp3) is 0.600. The molecule has 0 spiro atoms. The van der Waals surface area contributed by atoms with Crippen molar-refractivity contribution in [2.45, 2.75) is 32.4 Å². The van der Waals surface area contributed by atoms with Gasteiger partial charge < -0.3 is 15.0 Å². The van der Waals surface area contributed by atoms with Gasteiger partial charge in [0.1, 0.15) is 0 Å². The Morgan fingerprint density at radius 1 is 1.47 bits per heavy atom. The van der Waals surface area contributed by atoms with Gasteiger partial charge in [0.2, 0.25) is 0 Å². The zero-order valence-electron chi connectivity index (χ0n) is 11.8. The minimum Gasteiger partial charge on any atom is -0.376 e. The van der Waals surface area contributed by atoms with Crippen LogP contribution in [0, 0.1) is 0 Å². The van der Waals surface area contributed by atoms with E-state index in [0.29, 0.717) is 6.10 Å². The van der Waals surface area contributed by atoms with E-state index < -0.39 is 0 Å². The molecule has 1 unspecified atom stereocenters. The highest BCUT2D eigenvalue weighted by Crippen LogP contribution is 2.25. The fourth-order valence-electron chi connectivity index (χ4n) is 2.49. The molecular formula is C15H23ClN2O. The van der Waals surface area contributed by atoms with Crippen LogP contribution in [0.2, 0.25) is 5.02 Å². The number of anilines is 1. The summed E-state index contributed by atoms with van der Waals surface area (Å²) in [5, 5.41) is 4.16. The molecule has 1 saturated heterocycles. The molecule has 0 bridgehead atoms. The third-order valence-corrected chi connectivity index (χ3v) is 3.76. The Balaban J connectivity index is 2.08. The average Bonchev–Trinajstić information content (AvgIpc) is 2.90. The standard InChI is InChI=1S/C15H23ClN2O/c1-3-17-10-12-6-7-13(16)9-15(12)18(2)11-14-5-4-8-19-14/h6-7,9,14,17H,3-5,8,10-11H2,1-2H3. The van der Waals surface area contributed by atoms with Gasteiger partial charge >= 0.3 is 0 Å². The van der Waals surface area contributed by atoms with Crippen molar-refractivity contribution < 1.29 is 4.74 Å². The van der Waals surface area contributed by atoms with Crippen molar-refractivity contribution in [2.24, 2.45) is 0 Å². The quantitative estimate of drug-likeness (QED) is 0.868. The molecule has 1 atom stereocenters. The van der Waals surface area contributed by atoms with E-state index in [4.69, 9.17) is 16.3 Å². The second-order valence-corrected chi connectivity index (χ2v) is 5.51. The number of benzene rings is 1. The summed E-state index contributed by atoms with van der Waals surface area (Å²) in [5.74, 6) is 0. The van der Waals surface area contributed by atoms with Gasteiger partial charge in [0, 0.05) is 37.5 Å². The lowest BCUT2D eigenvalue weighted by atomic mass is 10.1. The number of nitrogens with one attached hydrogen (secondary N) is 1. The Kier molecular flexibility index (Phi) is 5.49. The van der Waals surface area contributed by atoms with Crippen LogP contribution in [-0.4, -0.2) is 32.8 Å². The molecule has 1 aromatic carbocycles. The summed E-state index contributed by atoms with van der Waals surface area (Å²) in [6, 6.07) is 6.10. The average molecular weight is 283 g/mol. The maximum Gasteiger partial charge on any atom is 0.0750 e. The summed E-state index contributed by atoms with van der Waals surface area (Å²) in [5.41, 5.74) is 2.48. The largest absolute Gasteiger partial charge is 0.376 e. The van der Waals surface area contributed by atoms with Crippen LogP contribution in [0.15, 0.2) is 18.2 Å². The predicted octanol–water partition coefficient (Wildman–Crippen LogP) is 3.06. The van der Waals surface area contributed by atoms with E-state index in [-0.39, 0.29) is 0 Å². The lowest BCUT2D eigenvalue weighted by Crippen LogP contribution is -2.29. The van der Waals surface area contributed by atoms with E-state index >= 15 is 0 Å². The van der Waals surface area contributed by atoms with Gasteiger partial charge in [0.05, 0.1) is 6.10 Å². The highest BCUT2D eigenvalue weighted by molar-refractivity contribution is 6.30. The molecule has 1 aromatic rings. The van der Waals surface area contributed by atoms with Crippen LogP contribution in [0.5, 0.6) is 0 Å². The summed E-state index contributed by atoms with van der Waals surface area (Å²) in [7, 11) is 2.11. The van der Waals surface area contributed by atoms with Crippen LogP contribution in [0.1, 0.15) is 25.3 Å². The van der Waals surface area contributed by atoms with Gasteiger partial charge in [0.15, 0.2) is 0 Å². The number of halogens is 1. The zero-order chi connectivity index (χ0) is 13.7. The van der Waals surface area contributed by atoms with Gasteiger partial charge in [-0.2, -0.15) is 0 Å². The molecule has 4 heteroatoms. The molecule has 1 N–H and O–H groups in total. The first-order chi connectivity index (χ1) is 9.20. The maximum atomic E-state index is 6.13. The first-order valence-electron chi connectivity index (χ1n) is 7.02. The van der Waals surface area contributed by atoms with Crippen molar-refractivity contribution in [2.75, 3.05) is 31.6 Å². The smallest absolute Gasteiger partial charge is 0.0750 e. The monoisotopic (exact) mass is 282 g/mol. The van der Waals surface area contributed by atoms with Gasteiger partial charge in [-0.1, -0.05) is 24.6 Å². The van der Waals surface area contributed by atoms with Crippen LogP contribution in [0.25, 0.3) is 0 Å². The lowest BCUT2D eigenvalue weighted by Gasteiger charge is -2.25. The van der Waals surface area contributed by atoms with E-state index in [2.05, 4.69) is 30.3 Å². The molecule has 1 aliphatic rings. The van der Waals surface area contributed by atoms with Crippen LogP contribution in [0.3, 0.4) is 0 Å². The fourth-order valence-corrected chi connectivity index (χ4v) is 2.66. The van der Waals surface area contributed by atoms with Gasteiger partial charge in [-0.15, -0.1) is 0 Å². The van der Waals surface area contributed by atoms with Gasteiger partial charge in [-0.25, -0.2) is 0 Å². The van der Waals surface area contributed by atoms with Crippen molar-refractivity contribution in [1.82, 2.24) is 5.32 Å². The van der Waals surface area contributed by atoms with Crippen LogP contribution >= 0.6 is 11.6 Å². The van der Waals surface area contributed by atoms with Crippen LogP contribution < -0.4 is 10.2 Å². The molecule has 2 rings (SSSR count). The first-order valence-corrected chi connectivity index (χ1v) is 7.40. The van der Waals surface area contributed by atoms with E-state index in [0.717, 1.165) is 37.7 Å². The number of nitrogens with zero attached hydrogens (tertiary/aromatic N) is 1. The molecule has 3 nitrogen and oxygen atoms in total. The molecule has 0 radical (unpaired) electrons. The highest BCUT2D eigenvalue weighted by Gasteiger charge is 2.18. The molecule has 0 amide bonds. The molecule has 19 heavy (non-hydrogen) atoms. The number of hydrogen-bond donors (Lipinski definition) is 1. The Labute approximate surface area is 120 Å². The van der Waals surface area contributed by atoms with E-state index in [9.17, 15) is 0 Å². The Morgan fingerprint density at radius 2 is 2.32 bits per heavy atom. The van der Waals surface area contributed by atoms with Crippen molar-refractivity contribution in [3.8, 4) is 0 Å². The molecular weight excluding hydrogens is 260 g/mol. The number of rotatable bonds is 6. The number of likely N-dealkylation sites (N-methyl/N-ethyl adjacent to an activating group) is 1. The Morgan fingerprint density at radius 3 is 3.00 bits per heavy atom. The second kappa shape index (κ2) is 7.13. The maximum absolute atomic E-state index is 6.13. The number of ether oxygens (including phenoxy) is 1. The summed E-state index contributed by atoms with van der Waals surface area (Å²) < 4.78 is 5.71. The van der Waals surface area contributed by atoms with Crippen molar-refractivity contribution in [3.05, 3.63) is 28.8 Å². The van der Waals surface area contributed by atoms with Crippen molar-refractivity contribution in [3.63, 3.8) is 0 Å². The molecule has 1 aliphatic heterocycles. The first kappa shape index (κ1) is 14.6. The zero-order valence-corrected chi connectivity index (χ0v) is 12.5. The van der Waals surface area contributed by atoms with E-state index in [1.54, 1.807) is 0 Å².